The summed E-state index contributed by atoms with van der Waals surface area (Å²) in [6.45, 7) is 4.08. The largest absolute Gasteiger partial charge is 0.373 e. The fourth-order valence-corrected chi connectivity index (χ4v) is 2.85. The zero-order valence-electron chi connectivity index (χ0n) is 12.4. The van der Waals surface area contributed by atoms with Crippen molar-refractivity contribution in [1.82, 2.24) is 5.32 Å². The number of amides is 1. The van der Waals surface area contributed by atoms with Gasteiger partial charge in [0, 0.05) is 12.1 Å². The average Bonchev–Trinajstić information content (AvgIpc) is 2.94. The molecule has 0 saturated heterocycles. The molecule has 3 nitrogen and oxygen atoms in total. The number of benzene rings is 2. The summed E-state index contributed by atoms with van der Waals surface area (Å²) in [6.07, 6.45) is 0.754. The molecule has 0 aliphatic carbocycles. The highest BCUT2D eigenvalue weighted by molar-refractivity contribution is 5.88. The molecule has 2 N–H and O–H groups in total. The molecule has 1 aliphatic rings. The van der Waals surface area contributed by atoms with Crippen molar-refractivity contribution < 1.29 is 4.79 Å². The van der Waals surface area contributed by atoms with Gasteiger partial charge < -0.3 is 10.6 Å². The van der Waals surface area contributed by atoms with E-state index in [9.17, 15) is 4.79 Å². The van der Waals surface area contributed by atoms with Gasteiger partial charge in [-0.25, -0.2) is 0 Å². The molecule has 0 bridgehead atoms. The van der Waals surface area contributed by atoms with Gasteiger partial charge in [0.05, 0.1) is 6.04 Å². The number of para-hydroxylation sites is 1. The van der Waals surface area contributed by atoms with Gasteiger partial charge >= 0.3 is 0 Å². The highest BCUT2D eigenvalue weighted by atomic mass is 16.2. The Labute approximate surface area is 125 Å². The lowest BCUT2D eigenvalue weighted by molar-refractivity contribution is -0.122. The molecular formula is C18H20N2O. The molecule has 2 aromatic rings. The van der Waals surface area contributed by atoms with E-state index < -0.39 is 0 Å². The summed E-state index contributed by atoms with van der Waals surface area (Å²) in [5.41, 5.74) is 4.66. The van der Waals surface area contributed by atoms with E-state index in [-0.39, 0.29) is 18.0 Å². The number of carbonyl (C=O) groups is 1. The van der Waals surface area contributed by atoms with Gasteiger partial charge in [-0.3, -0.25) is 4.79 Å². The molecule has 0 spiro atoms. The first-order valence-electron chi connectivity index (χ1n) is 7.35. The highest BCUT2D eigenvalue weighted by Crippen LogP contribution is 2.29. The first kappa shape index (κ1) is 13.7. The Hall–Kier alpha value is -2.29. The number of aryl methyl sites for hydroxylation is 1. The van der Waals surface area contributed by atoms with Gasteiger partial charge in [0.2, 0.25) is 5.91 Å². The van der Waals surface area contributed by atoms with E-state index in [1.54, 1.807) is 0 Å². The first-order valence-corrected chi connectivity index (χ1v) is 7.35. The summed E-state index contributed by atoms with van der Waals surface area (Å²) in [5, 5.41) is 6.44. The molecule has 2 unspecified atom stereocenters. The van der Waals surface area contributed by atoms with Gasteiger partial charge in [0.1, 0.15) is 6.04 Å². The summed E-state index contributed by atoms with van der Waals surface area (Å²) < 4.78 is 0. The SMILES string of the molecule is Cc1cccc2c1NC(C(=O)NC(C)c1ccccc1)C2. The van der Waals surface area contributed by atoms with Gasteiger partial charge in [-0.2, -0.15) is 0 Å². The molecule has 1 heterocycles. The van der Waals surface area contributed by atoms with Gasteiger partial charge in [-0.15, -0.1) is 0 Å². The van der Waals surface area contributed by atoms with E-state index in [1.165, 1.54) is 11.1 Å². The molecule has 1 amide bonds. The summed E-state index contributed by atoms with van der Waals surface area (Å²) in [4.78, 5) is 12.4. The molecule has 0 fully saturated rings. The maximum atomic E-state index is 12.4. The van der Waals surface area contributed by atoms with Crippen molar-refractivity contribution in [2.45, 2.75) is 32.4 Å². The number of hydrogen-bond donors (Lipinski definition) is 2. The van der Waals surface area contributed by atoms with E-state index in [1.807, 2.05) is 43.3 Å². The minimum atomic E-state index is -0.174. The molecular weight excluding hydrogens is 260 g/mol. The van der Waals surface area contributed by atoms with E-state index in [0.717, 1.165) is 17.7 Å². The number of anilines is 1. The second kappa shape index (κ2) is 5.60. The van der Waals surface area contributed by atoms with E-state index in [2.05, 4.69) is 29.7 Å². The zero-order chi connectivity index (χ0) is 14.8. The third-order valence-electron chi connectivity index (χ3n) is 4.08. The Bertz CT molecular complexity index is 652. The third kappa shape index (κ3) is 2.77. The number of carbonyl (C=O) groups excluding carboxylic acids is 1. The monoisotopic (exact) mass is 280 g/mol. The number of fused-ring (bicyclic) bond motifs is 1. The number of hydrogen-bond acceptors (Lipinski definition) is 2. The van der Waals surface area contributed by atoms with Crippen molar-refractivity contribution in [3.63, 3.8) is 0 Å². The molecule has 1 aliphatic heterocycles. The smallest absolute Gasteiger partial charge is 0.243 e. The zero-order valence-corrected chi connectivity index (χ0v) is 12.4. The second-order valence-corrected chi connectivity index (χ2v) is 5.65. The summed E-state index contributed by atoms with van der Waals surface area (Å²) in [5.74, 6) is 0.0574. The Morgan fingerprint density at radius 3 is 2.67 bits per heavy atom. The van der Waals surface area contributed by atoms with Crippen LogP contribution in [0.2, 0.25) is 0 Å². The maximum absolute atomic E-state index is 12.4. The van der Waals surface area contributed by atoms with Crippen molar-refractivity contribution in [2.75, 3.05) is 5.32 Å². The van der Waals surface area contributed by atoms with Crippen LogP contribution in [-0.2, 0) is 11.2 Å². The normalized spacial score (nSPS) is 17.7. The van der Waals surface area contributed by atoms with Gasteiger partial charge in [-0.1, -0.05) is 48.5 Å². The van der Waals surface area contributed by atoms with E-state index >= 15 is 0 Å². The molecule has 2 aromatic carbocycles. The first-order chi connectivity index (χ1) is 10.1. The molecule has 0 aromatic heterocycles. The topological polar surface area (TPSA) is 41.1 Å². The van der Waals surface area contributed by atoms with Crippen LogP contribution in [0.1, 0.15) is 29.7 Å². The van der Waals surface area contributed by atoms with Gasteiger partial charge in [0.15, 0.2) is 0 Å². The van der Waals surface area contributed by atoms with Crippen LogP contribution in [0.25, 0.3) is 0 Å². The fourth-order valence-electron chi connectivity index (χ4n) is 2.85. The molecule has 0 saturated carbocycles. The van der Waals surface area contributed by atoms with Crippen LogP contribution in [0.15, 0.2) is 48.5 Å². The molecule has 3 rings (SSSR count). The molecule has 2 atom stereocenters. The van der Waals surface area contributed by atoms with Crippen LogP contribution in [0, 0.1) is 6.92 Å². The maximum Gasteiger partial charge on any atom is 0.243 e. The lowest BCUT2D eigenvalue weighted by Crippen LogP contribution is -2.39. The number of nitrogens with one attached hydrogen (secondary N) is 2. The van der Waals surface area contributed by atoms with Crippen molar-refractivity contribution in [3.8, 4) is 0 Å². The summed E-state index contributed by atoms with van der Waals surface area (Å²) in [7, 11) is 0. The van der Waals surface area contributed by atoms with Crippen molar-refractivity contribution in [3.05, 3.63) is 65.2 Å². The fraction of sp³-hybridized carbons (Fsp3) is 0.278. The van der Waals surface area contributed by atoms with Crippen LogP contribution in [-0.4, -0.2) is 11.9 Å². The van der Waals surface area contributed by atoms with Crippen molar-refractivity contribution in [2.24, 2.45) is 0 Å². The summed E-state index contributed by atoms with van der Waals surface area (Å²) >= 11 is 0. The Balaban J connectivity index is 1.67. The van der Waals surface area contributed by atoms with Crippen molar-refractivity contribution >= 4 is 11.6 Å². The summed E-state index contributed by atoms with van der Waals surface area (Å²) in [6, 6.07) is 16.1. The minimum Gasteiger partial charge on any atom is -0.373 e. The van der Waals surface area contributed by atoms with Crippen LogP contribution in [0.4, 0.5) is 5.69 Å². The molecule has 3 heteroatoms. The quantitative estimate of drug-likeness (QED) is 0.906. The van der Waals surface area contributed by atoms with Gasteiger partial charge in [-0.05, 0) is 30.5 Å². The Morgan fingerprint density at radius 2 is 1.95 bits per heavy atom. The molecule has 21 heavy (non-hydrogen) atoms. The van der Waals surface area contributed by atoms with E-state index in [4.69, 9.17) is 0 Å². The lowest BCUT2D eigenvalue weighted by Gasteiger charge is -2.18. The van der Waals surface area contributed by atoms with Crippen LogP contribution in [0.3, 0.4) is 0 Å². The molecule has 0 radical (unpaired) electrons. The predicted molar refractivity (Wildman–Crippen MR) is 85.3 cm³/mol. The van der Waals surface area contributed by atoms with Crippen molar-refractivity contribution in [1.29, 1.82) is 0 Å². The predicted octanol–water partition coefficient (Wildman–Crippen LogP) is 3.21. The van der Waals surface area contributed by atoms with Gasteiger partial charge in [0.25, 0.3) is 0 Å². The minimum absolute atomic E-state index is 0.0188. The van der Waals surface area contributed by atoms with E-state index in [0.29, 0.717) is 0 Å². The lowest BCUT2D eigenvalue weighted by atomic mass is 10.1. The van der Waals surface area contributed by atoms with Crippen LogP contribution in [0.5, 0.6) is 0 Å². The highest BCUT2D eigenvalue weighted by Gasteiger charge is 2.28. The Kier molecular flexibility index (Phi) is 3.65. The molecule has 108 valence electrons. The van der Waals surface area contributed by atoms with Crippen LogP contribution >= 0.6 is 0 Å². The van der Waals surface area contributed by atoms with Crippen LogP contribution < -0.4 is 10.6 Å². The second-order valence-electron chi connectivity index (χ2n) is 5.65. The number of rotatable bonds is 3. The Morgan fingerprint density at radius 1 is 1.19 bits per heavy atom. The standard InChI is InChI=1S/C18H20N2O/c1-12-7-6-10-15-11-16(20-17(12)15)18(21)19-13(2)14-8-4-3-5-9-14/h3-10,13,16,20H,11H2,1-2H3,(H,19,21). The average molecular weight is 280 g/mol. The third-order valence-corrected chi connectivity index (χ3v) is 4.08.